The van der Waals surface area contributed by atoms with Crippen molar-refractivity contribution in [2.24, 2.45) is 0 Å². The van der Waals surface area contributed by atoms with Crippen molar-refractivity contribution in [3.63, 3.8) is 0 Å². The zero-order chi connectivity index (χ0) is 18.4. The van der Waals surface area contributed by atoms with Gasteiger partial charge in [0.2, 0.25) is 17.2 Å². The first kappa shape index (κ1) is 19.3. The van der Waals surface area contributed by atoms with Crippen LogP contribution in [0.1, 0.15) is 0 Å². The topological polar surface area (TPSA) is 149 Å². The number of halogens is 1. The van der Waals surface area contributed by atoms with Gasteiger partial charge in [-0.1, -0.05) is 0 Å². The number of hydrogen-bond donors (Lipinski definition) is 4. The van der Waals surface area contributed by atoms with Crippen molar-refractivity contribution < 1.29 is 23.2 Å². The van der Waals surface area contributed by atoms with Gasteiger partial charge in [0.1, 0.15) is 0 Å². The number of nitrogens with zero attached hydrogens (tertiary/aromatic N) is 4. The van der Waals surface area contributed by atoms with Crippen molar-refractivity contribution in [3.05, 3.63) is 29.5 Å². The zero-order valence-electron chi connectivity index (χ0n) is 12.9. The fourth-order valence-electron chi connectivity index (χ4n) is 1.93. The van der Waals surface area contributed by atoms with Crippen LogP contribution in [0.3, 0.4) is 0 Å². The second kappa shape index (κ2) is 8.36. The van der Waals surface area contributed by atoms with Crippen LogP contribution in [0.15, 0.2) is 29.2 Å². The van der Waals surface area contributed by atoms with Crippen molar-refractivity contribution in [1.82, 2.24) is 15.0 Å². The molecule has 0 spiro atoms. The van der Waals surface area contributed by atoms with Crippen LogP contribution in [-0.4, -0.2) is 64.4 Å². The number of aromatic nitrogens is 3. The van der Waals surface area contributed by atoms with Crippen LogP contribution >= 0.6 is 11.6 Å². The monoisotopic (exact) mass is 389 g/mol. The van der Waals surface area contributed by atoms with Gasteiger partial charge in [0.05, 0.1) is 18.1 Å². The van der Waals surface area contributed by atoms with Gasteiger partial charge in [-0.05, 0) is 35.9 Å². The maximum atomic E-state index is 11.0. The van der Waals surface area contributed by atoms with Gasteiger partial charge in [-0.2, -0.15) is 23.4 Å². The van der Waals surface area contributed by atoms with E-state index in [-0.39, 0.29) is 48.4 Å². The molecule has 10 nitrogen and oxygen atoms in total. The smallest absolute Gasteiger partial charge is 0.294 e. The number of anilines is 3. The van der Waals surface area contributed by atoms with Crippen LogP contribution in [0.2, 0.25) is 5.28 Å². The number of rotatable bonds is 8. The molecule has 0 amide bonds. The Morgan fingerprint density at radius 3 is 2.16 bits per heavy atom. The maximum absolute atomic E-state index is 11.0. The molecule has 2 aromatic rings. The molecule has 2 rings (SSSR count). The third-order valence-corrected chi connectivity index (χ3v) is 4.06. The highest BCUT2D eigenvalue weighted by molar-refractivity contribution is 7.85. The third-order valence-electron chi connectivity index (χ3n) is 3.03. The predicted molar refractivity (Wildman–Crippen MR) is 90.8 cm³/mol. The minimum absolute atomic E-state index is 0.0930. The lowest BCUT2D eigenvalue weighted by molar-refractivity contribution is 0.280. The summed E-state index contributed by atoms with van der Waals surface area (Å²) in [5, 5.41) is 20.9. The van der Waals surface area contributed by atoms with E-state index in [1.807, 2.05) is 0 Å². The minimum atomic E-state index is -4.27. The molecule has 0 aliphatic rings. The summed E-state index contributed by atoms with van der Waals surface area (Å²) in [7, 11) is -4.27. The van der Waals surface area contributed by atoms with E-state index in [0.29, 0.717) is 5.69 Å². The SMILES string of the molecule is O=S(=O)(O)c1ccc(Nc2nc(Cl)nc(N(CCO)CCO)n2)cc1. The molecule has 0 aliphatic heterocycles. The van der Waals surface area contributed by atoms with Gasteiger partial charge >= 0.3 is 0 Å². The second-order valence-electron chi connectivity index (χ2n) is 4.79. The molecule has 25 heavy (non-hydrogen) atoms. The summed E-state index contributed by atoms with van der Waals surface area (Å²) in [6, 6.07) is 5.26. The van der Waals surface area contributed by atoms with E-state index in [4.69, 9.17) is 26.4 Å². The first-order valence-electron chi connectivity index (χ1n) is 7.06. The Morgan fingerprint density at radius 1 is 1.04 bits per heavy atom. The molecule has 0 unspecified atom stereocenters. The number of nitrogens with one attached hydrogen (secondary N) is 1. The van der Waals surface area contributed by atoms with Crippen molar-refractivity contribution in [2.45, 2.75) is 4.90 Å². The molecule has 0 saturated carbocycles. The summed E-state index contributed by atoms with van der Waals surface area (Å²) in [5.41, 5.74) is 0.455. The van der Waals surface area contributed by atoms with Gasteiger partial charge in [0.25, 0.3) is 10.1 Å². The number of hydrogen-bond acceptors (Lipinski definition) is 9. The Kier molecular flexibility index (Phi) is 6.45. The van der Waals surface area contributed by atoms with Crippen LogP contribution < -0.4 is 10.2 Å². The summed E-state index contributed by atoms with van der Waals surface area (Å²) >= 11 is 5.88. The lowest BCUT2D eigenvalue weighted by Gasteiger charge is -2.20. The number of benzene rings is 1. The molecule has 1 aromatic carbocycles. The molecule has 12 heteroatoms. The molecule has 0 bridgehead atoms. The van der Waals surface area contributed by atoms with E-state index in [1.54, 1.807) is 0 Å². The normalized spacial score (nSPS) is 11.4. The maximum Gasteiger partial charge on any atom is 0.294 e. The van der Waals surface area contributed by atoms with Crippen molar-refractivity contribution in [1.29, 1.82) is 0 Å². The Hall–Kier alpha value is -2.05. The Labute approximate surface area is 148 Å². The molecule has 0 fully saturated rings. The molecule has 0 atom stereocenters. The summed E-state index contributed by atoms with van der Waals surface area (Å²) in [5.74, 6) is 0.260. The van der Waals surface area contributed by atoms with E-state index < -0.39 is 10.1 Å². The molecule has 1 heterocycles. The van der Waals surface area contributed by atoms with Crippen LogP contribution in [-0.2, 0) is 10.1 Å². The van der Waals surface area contributed by atoms with Crippen molar-refractivity contribution in [2.75, 3.05) is 36.5 Å². The Balaban J connectivity index is 2.24. The molecule has 1 aromatic heterocycles. The summed E-state index contributed by atoms with van der Waals surface area (Å²) in [6.45, 7) is 0.0686. The molecule has 0 radical (unpaired) electrons. The Bertz CT molecular complexity index is 812. The molecule has 0 aliphatic carbocycles. The lowest BCUT2D eigenvalue weighted by atomic mass is 10.3. The Morgan fingerprint density at radius 2 is 1.64 bits per heavy atom. The first-order valence-corrected chi connectivity index (χ1v) is 8.88. The summed E-state index contributed by atoms with van der Waals surface area (Å²) < 4.78 is 31.0. The van der Waals surface area contributed by atoms with Crippen molar-refractivity contribution >= 4 is 39.3 Å². The van der Waals surface area contributed by atoms with E-state index in [1.165, 1.54) is 29.2 Å². The van der Waals surface area contributed by atoms with Gasteiger partial charge in [-0.15, -0.1) is 0 Å². The van der Waals surface area contributed by atoms with Gasteiger partial charge in [0.15, 0.2) is 0 Å². The van der Waals surface area contributed by atoms with E-state index in [9.17, 15) is 8.42 Å². The van der Waals surface area contributed by atoms with Crippen LogP contribution in [0.5, 0.6) is 0 Å². The average molecular weight is 390 g/mol. The molecular formula is C13H16ClN5O5S. The fraction of sp³-hybridized carbons (Fsp3) is 0.308. The van der Waals surface area contributed by atoms with Crippen LogP contribution in [0.25, 0.3) is 0 Å². The quantitative estimate of drug-likeness (QED) is 0.464. The van der Waals surface area contributed by atoms with Crippen molar-refractivity contribution in [3.8, 4) is 0 Å². The number of aliphatic hydroxyl groups excluding tert-OH is 2. The average Bonchev–Trinajstić information content (AvgIpc) is 2.54. The molecule has 0 saturated heterocycles. The predicted octanol–water partition coefficient (Wildman–Crippen LogP) is 0.306. The highest BCUT2D eigenvalue weighted by atomic mass is 35.5. The van der Waals surface area contributed by atoms with Gasteiger partial charge in [0, 0.05) is 18.8 Å². The van der Waals surface area contributed by atoms with E-state index in [2.05, 4.69) is 20.3 Å². The van der Waals surface area contributed by atoms with Gasteiger partial charge < -0.3 is 20.4 Å². The summed E-state index contributed by atoms with van der Waals surface area (Å²) in [4.78, 5) is 13.3. The minimum Gasteiger partial charge on any atom is -0.395 e. The standard InChI is InChI=1S/C13H16ClN5O5S/c14-11-16-12(18-13(17-11)19(5-7-20)6-8-21)15-9-1-3-10(4-2-9)25(22,23)24/h1-4,20-21H,5-8H2,(H,22,23,24)(H,15,16,17,18). The highest BCUT2D eigenvalue weighted by Gasteiger charge is 2.13. The third kappa shape index (κ3) is 5.47. The van der Waals surface area contributed by atoms with Crippen LogP contribution in [0.4, 0.5) is 17.6 Å². The lowest BCUT2D eigenvalue weighted by Crippen LogP contribution is -2.31. The highest BCUT2D eigenvalue weighted by Crippen LogP contribution is 2.19. The second-order valence-corrected chi connectivity index (χ2v) is 6.55. The zero-order valence-corrected chi connectivity index (χ0v) is 14.4. The number of aliphatic hydroxyl groups is 2. The van der Waals surface area contributed by atoms with E-state index in [0.717, 1.165) is 0 Å². The van der Waals surface area contributed by atoms with Gasteiger partial charge in [-0.25, -0.2) is 0 Å². The van der Waals surface area contributed by atoms with Gasteiger partial charge in [-0.3, -0.25) is 4.55 Å². The molecular weight excluding hydrogens is 374 g/mol. The fourth-order valence-corrected chi connectivity index (χ4v) is 2.57. The first-order chi connectivity index (χ1) is 11.8. The molecule has 4 N–H and O–H groups in total. The van der Waals surface area contributed by atoms with E-state index >= 15 is 0 Å². The largest absolute Gasteiger partial charge is 0.395 e. The molecule has 136 valence electrons. The summed E-state index contributed by atoms with van der Waals surface area (Å²) in [6.07, 6.45) is 0. The van der Waals surface area contributed by atoms with Crippen LogP contribution in [0, 0.1) is 0 Å².